The average Bonchev–Trinajstić information content (AvgIpc) is 2.82. The van der Waals surface area contributed by atoms with Crippen molar-refractivity contribution in [1.29, 1.82) is 0 Å². The van der Waals surface area contributed by atoms with Crippen molar-refractivity contribution in [2.45, 2.75) is 19.6 Å². The molecule has 0 saturated carbocycles. The monoisotopic (exact) mass is 281 g/mol. The fourth-order valence-electron chi connectivity index (χ4n) is 2.55. The van der Waals surface area contributed by atoms with E-state index >= 15 is 0 Å². The van der Waals surface area contributed by atoms with Crippen LogP contribution in [0.25, 0.3) is 11.0 Å². The molecule has 2 aromatic carbocycles. The third-order valence-corrected chi connectivity index (χ3v) is 3.73. The van der Waals surface area contributed by atoms with E-state index in [9.17, 15) is 5.11 Å². The maximum atomic E-state index is 9.81. The first kappa shape index (κ1) is 13.6. The van der Waals surface area contributed by atoms with Crippen LogP contribution in [0.2, 0.25) is 0 Å². The smallest absolute Gasteiger partial charge is 0.128 e. The lowest BCUT2D eigenvalue weighted by atomic mass is 10.1. The maximum Gasteiger partial charge on any atom is 0.128 e. The van der Waals surface area contributed by atoms with Crippen molar-refractivity contribution in [2.75, 3.05) is 5.32 Å². The van der Waals surface area contributed by atoms with Gasteiger partial charge in [0.05, 0.1) is 23.7 Å². The van der Waals surface area contributed by atoms with Crippen molar-refractivity contribution < 1.29 is 5.11 Å². The van der Waals surface area contributed by atoms with E-state index in [1.165, 1.54) is 0 Å². The summed E-state index contributed by atoms with van der Waals surface area (Å²) in [5.74, 6) is 0.969. The zero-order valence-electron chi connectivity index (χ0n) is 12.2. The Morgan fingerprint density at radius 3 is 2.62 bits per heavy atom. The van der Waals surface area contributed by atoms with E-state index < -0.39 is 6.10 Å². The summed E-state index contributed by atoms with van der Waals surface area (Å²) in [5, 5.41) is 13.2. The quantitative estimate of drug-likeness (QED) is 0.772. The molecule has 0 radical (unpaired) electrons. The van der Waals surface area contributed by atoms with Gasteiger partial charge in [-0.1, -0.05) is 30.3 Å². The van der Waals surface area contributed by atoms with Gasteiger partial charge in [0.15, 0.2) is 0 Å². The summed E-state index contributed by atoms with van der Waals surface area (Å²) in [4.78, 5) is 4.64. The predicted molar refractivity (Wildman–Crippen MR) is 85.1 cm³/mol. The summed E-state index contributed by atoms with van der Waals surface area (Å²) in [6, 6.07) is 15.9. The van der Waals surface area contributed by atoms with E-state index in [2.05, 4.69) is 20.9 Å². The molecule has 108 valence electrons. The molecular formula is C17H19N3O. The molecule has 1 unspecified atom stereocenters. The molecule has 0 bridgehead atoms. The number of hydrogen-bond acceptors (Lipinski definition) is 3. The summed E-state index contributed by atoms with van der Waals surface area (Å²) >= 11 is 0. The predicted octanol–water partition coefficient (Wildman–Crippen LogP) is 3.24. The first-order valence-corrected chi connectivity index (χ1v) is 7.08. The van der Waals surface area contributed by atoms with Gasteiger partial charge in [-0.15, -0.1) is 0 Å². The molecule has 1 heterocycles. The zero-order valence-corrected chi connectivity index (χ0v) is 12.2. The van der Waals surface area contributed by atoms with E-state index in [-0.39, 0.29) is 0 Å². The van der Waals surface area contributed by atoms with Crippen molar-refractivity contribution >= 4 is 16.7 Å². The molecule has 0 fully saturated rings. The number of nitrogens with zero attached hydrogens (tertiary/aromatic N) is 2. The standard InChI is InChI=1S/C17H19N3O/c1-12(21)13-7-3-4-8-14(13)18-11-17-19-15-9-5-6-10-16(15)20(17)2/h3-10,12,18,21H,11H2,1-2H3. The highest BCUT2D eigenvalue weighted by Gasteiger charge is 2.09. The highest BCUT2D eigenvalue weighted by atomic mass is 16.3. The number of aromatic nitrogens is 2. The minimum absolute atomic E-state index is 0.492. The van der Waals surface area contributed by atoms with Crippen LogP contribution < -0.4 is 5.32 Å². The van der Waals surface area contributed by atoms with Gasteiger partial charge in [0, 0.05) is 18.3 Å². The molecule has 0 saturated heterocycles. The van der Waals surface area contributed by atoms with Gasteiger partial charge in [-0.25, -0.2) is 4.98 Å². The number of imidazole rings is 1. The molecule has 0 aliphatic heterocycles. The molecule has 1 aromatic heterocycles. The fourth-order valence-corrected chi connectivity index (χ4v) is 2.55. The van der Waals surface area contributed by atoms with Crippen LogP contribution in [0.1, 0.15) is 24.4 Å². The largest absolute Gasteiger partial charge is 0.389 e. The van der Waals surface area contributed by atoms with Gasteiger partial charge in [-0.3, -0.25) is 0 Å². The molecule has 21 heavy (non-hydrogen) atoms. The maximum absolute atomic E-state index is 9.81. The Kier molecular flexibility index (Phi) is 3.62. The van der Waals surface area contributed by atoms with E-state index in [0.717, 1.165) is 28.1 Å². The summed E-state index contributed by atoms with van der Waals surface area (Å²) in [6.45, 7) is 2.39. The van der Waals surface area contributed by atoms with Crippen molar-refractivity contribution in [3.05, 3.63) is 59.9 Å². The highest BCUT2D eigenvalue weighted by Crippen LogP contribution is 2.23. The summed E-state index contributed by atoms with van der Waals surface area (Å²) in [7, 11) is 2.02. The van der Waals surface area contributed by atoms with Gasteiger partial charge >= 0.3 is 0 Å². The molecule has 0 aliphatic carbocycles. The molecule has 4 heteroatoms. The number of fused-ring (bicyclic) bond motifs is 1. The number of aliphatic hydroxyl groups excluding tert-OH is 1. The van der Waals surface area contributed by atoms with Crippen LogP contribution in [0, 0.1) is 0 Å². The molecule has 2 N–H and O–H groups in total. The normalized spacial score (nSPS) is 12.5. The molecule has 0 aliphatic rings. The molecule has 0 spiro atoms. The second-order valence-corrected chi connectivity index (χ2v) is 5.19. The third kappa shape index (κ3) is 2.62. The minimum Gasteiger partial charge on any atom is -0.389 e. The van der Waals surface area contributed by atoms with Gasteiger partial charge in [-0.2, -0.15) is 0 Å². The molecule has 0 amide bonds. The Morgan fingerprint density at radius 2 is 1.86 bits per heavy atom. The second kappa shape index (κ2) is 5.58. The summed E-state index contributed by atoms with van der Waals surface area (Å²) in [5.41, 5.74) is 3.97. The second-order valence-electron chi connectivity index (χ2n) is 5.19. The number of aryl methyl sites for hydroxylation is 1. The number of anilines is 1. The topological polar surface area (TPSA) is 50.1 Å². The Morgan fingerprint density at radius 1 is 1.14 bits per heavy atom. The Hall–Kier alpha value is -2.33. The molecule has 4 nitrogen and oxygen atoms in total. The first-order valence-electron chi connectivity index (χ1n) is 7.08. The molecule has 3 rings (SSSR count). The Labute approximate surface area is 124 Å². The van der Waals surface area contributed by atoms with Crippen molar-refractivity contribution in [1.82, 2.24) is 9.55 Å². The van der Waals surface area contributed by atoms with Crippen LogP contribution >= 0.6 is 0 Å². The average molecular weight is 281 g/mol. The van der Waals surface area contributed by atoms with E-state index in [1.807, 2.05) is 49.5 Å². The zero-order chi connectivity index (χ0) is 14.8. The molecule has 3 aromatic rings. The number of hydrogen-bond donors (Lipinski definition) is 2. The van der Waals surface area contributed by atoms with Crippen LogP contribution in [0.5, 0.6) is 0 Å². The fraction of sp³-hybridized carbons (Fsp3) is 0.235. The Bertz CT molecular complexity index is 762. The lowest BCUT2D eigenvalue weighted by Crippen LogP contribution is -2.08. The van der Waals surface area contributed by atoms with Gasteiger partial charge in [0.2, 0.25) is 0 Å². The summed E-state index contributed by atoms with van der Waals surface area (Å²) < 4.78 is 2.09. The first-order chi connectivity index (χ1) is 10.2. The number of nitrogens with one attached hydrogen (secondary N) is 1. The highest BCUT2D eigenvalue weighted by molar-refractivity contribution is 5.75. The number of para-hydroxylation sites is 3. The van der Waals surface area contributed by atoms with Crippen LogP contribution in [-0.2, 0) is 13.6 Å². The van der Waals surface area contributed by atoms with Crippen LogP contribution in [0.15, 0.2) is 48.5 Å². The molecule has 1 atom stereocenters. The SMILES string of the molecule is CC(O)c1ccccc1NCc1nc2ccccc2n1C. The van der Waals surface area contributed by atoms with Crippen LogP contribution in [0.3, 0.4) is 0 Å². The summed E-state index contributed by atoms with van der Waals surface area (Å²) in [6.07, 6.45) is -0.492. The number of rotatable bonds is 4. The van der Waals surface area contributed by atoms with Crippen LogP contribution in [0.4, 0.5) is 5.69 Å². The van der Waals surface area contributed by atoms with Gasteiger partial charge in [-0.05, 0) is 25.1 Å². The number of benzene rings is 2. The van der Waals surface area contributed by atoms with E-state index in [0.29, 0.717) is 6.54 Å². The van der Waals surface area contributed by atoms with E-state index in [1.54, 1.807) is 6.92 Å². The van der Waals surface area contributed by atoms with E-state index in [4.69, 9.17) is 0 Å². The lowest BCUT2D eigenvalue weighted by Gasteiger charge is -2.13. The van der Waals surface area contributed by atoms with Gasteiger partial charge in [0.25, 0.3) is 0 Å². The lowest BCUT2D eigenvalue weighted by molar-refractivity contribution is 0.200. The third-order valence-electron chi connectivity index (χ3n) is 3.73. The Balaban J connectivity index is 1.85. The van der Waals surface area contributed by atoms with Crippen molar-refractivity contribution in [3.8, 4) is 0 Å². The van der Waals surface area contributed by atoms with Crippen molar-refractivity contribution in [2.24, 2.45) is 7.05 Å². The van der Waals surface area contributed by atoms with Gasteiger partial charge < -0.3 is 15.0 Å². The van der Waals surface area contributed by atoms with Crippen molar-refractivity contribution in [3.63, 3.8) is 0 Å². The number of aliphatic hydroxyl groups is 1. The molecular weight excluding hydrogens is 262 g/mol. The minimum atomic E-state index is -0.492. The van der Waals surface area contributed by atoms with Crippen LogP contribution in [-0.4, -0.2) is 14.7 Å². The van der Waals surface area contributed by atoms with Gasteiger partial charge in [0.1, 0.15) is 5.82 Å².